The molecule has 0 amide bonds. The van der Waals surface area contributed by atoms with Crippen molar-refractivity contribution in [1.29, 1.82) is 5.41 Å². The molecule has 0 saturated heterocycles. The standard InChI is InChI=1S/C10H13IN2/c1-7(6-11)8-3-2-4-9(5-8)10(12)13/h2-5,7H,6H2,1H3,(H3,12,13). The van der Waals surface area contributed by atoms with Crippen molar-refractivity contribution in [2.45, 2.75) is 12.8 Å². The summed E-state index contributed by atoms with van der Waals surface area (Å²) in [6, 6.07) is 7.89. The van der Waals surface area contributed by atoms with Gasteiger partial charge in [-0.15, -0.1) is 0 Å². The first-order valence-corrected chi connectivity index (χ1v) is 5.68. The van der Waals surface area contributed by atoms with Crippen LogP contribution in [0.15, 0.2) is 24.3 Å². The van der Waals surface area contributed by atoms with Gasteiger partial charge in [0, 0.05) is 9.99 Å². The Morgan fingerprint density at radius 1 is 1.62 bits per heavy atom. The highest BCUT2D eigenvalue weighted by Gasteiger charge is 2.04. The molecule has 0 saturated carbocycles. The Bertz CT molecular complexity index is 310. The fourth-order valence-electron chi connectivity index (χ4n) is 1.10. The molecule has 1 atom stereocenters. The molecule has 1 rings (SSSR count). The van der Waals surface area contributed by atoms with Crippen LogP contribution in [0.1, 0.15) is 24.0 Å². The molecule has 70 valence electrons. The molecule has 3 heteroatoms. The normalized spacial score (nSPS) is 12.5. The third kappa shape index (κ3) is 2.69. The van der Waals surface area contributed by atoms with Gasteiger partial charge in [0.1, 0.15) is 5.84 Å². The first kappa shape index (κ1) is 10.5. The van der Waals surface area contributed by atoms with Crippen molar-refractivity contribution in [1.82, 2.24) is 0 Å². The lowest BCUT2D eigenvalue weighted by Gasteiger charge is -2.09. The molecular formula is C10H13IN2. The summed E-state index contributed by atoms with van der Waals surface area (Å²) in [6.45, 7) is 2.17. The summed E-state index contributed by atoms with van der Waals surface area (Å²) in [5.41, 5.74) is 7.47. The van der Waals surface area contributed by atoms with E-state index in [4.69, 9.17) is 11.1 Å². The number of nitrogens with one attached hydrogen (secondary N) is 1. The lowest BCUT2D eigenvalue weighted by Crippen LogP contribution is -2.11. The number of halogens is 1. The Balaban J connectivity index is 2.98. The van der Waals surface area contributed by atoms with Crippen molar-refractivity contribution in [3.05, 3.63) is 35.4 Å². The summed E-state index contributed by atoms with van der Waals surface area (Å²) in [6.07, 6.45) is 0. The zero-order chi connectivity index (χ0) is 9.84. The van der Waals surface area contributed by atoms with Crippen LogP contribution in [0.5, 0.6) is 0 Å². The molecule has 0 radical (unpaired) electrons. The van der Waals surface area contributed by atoms with Crippen LogP contribution >= 0.6 is 22.6 Å². The third-order valence-electron chi connectivity index (χ3n) is 2.00. The molecule has 0 fully saturated rings. The van der Waals surface area contributed by atoms with Gasteiger partial charge in [0.25, 0.3) is 0 Å². The zero-order valence-electron chi connectivity index (χ0n) is 7.55. The Hall–Kier alpha value is -0.580. The average molecular weight is 288 g/mol. The minimum atomic E-state index is 0.141. The maximum absolute atomic E-state index is 7.31. The van der Waals surface area contributed by atoms with Gasteiger partial charge in [0.2, 0.25) is 0 Å². The van der Waals surface area contributed by atoms with Crippen molar-refractivity contribution >= 4 is 28.4 Å². The molecule has 0 aliphatic rings. The Morgan fingerprint density at radius 2 is 2.31 bits per heavy atom. The van der Waals surface area contributed by atoms with E-state index in [1.807, 2.05) is 18.2 Å². The number of alkyl halides is 1. The lowest BCUT2D eigenvalue weighted by atomic mass is 10.0. The Kier molecular flexibility index (Phi) is 3.71. The maximum Gasteiger partial charge on any atom is 0.122 e. The van der Waals surface area contributed by atoms with E-state index >= 15 is 0 Å². The largest absolute Gasteiger partial charge is 0.384 e. The SMILES string of the molecule is CC(CI)c1cccc(C(=N)N)c1. The molecule has 13 heavy (non-hydrogen) atoms. The minimum Gasteiger partial charge on any atom is -0.384 e. The fourth-order valence-corrected chi connectivity index (χ4v) is 1.61. The molecule has 0 aliphatic heterocycles. The number of hydrogen-bond donors (Lipinski definition) is 2. The van der Waals surface area contributed by atoms with Gasteiger partial charge < -0.3 is 5.73 Å². The number of amidine groups is 1. The first-order valence-electron chi connectivity index (χ1n) is 4.15. The van der Waals surface area contributed by atoms with E-state index in [-0.39, 0.29) is 5.84 Å². The number of nitrogens with two attached hydrogens (primary N) is 1. The second-order valence-corrected chi connectivity index (χ2v) is 3.98. The van der Waals surface area contributed by atoms with E-state index in [1.165, 1.54) is 5.56 Å². The molecule has 2 nitrogen and oxygen atoms in total. The Morgan fingerprint density at radius 3 is 2.85 bits per heavy atom. The van der Waals surface area contributed by atoms with E-state index in [1.54, 1.807) is 0 Å². The topological polar surface area (TPSA) is 49.9 Å². The quantitative estimate of drug-likeness (QED) is 0.382. The molecular weight excluding hydrogens is 275 g/mol. The van der Waals surface area contributed by atoms with E-state index in [0.29, 0.717) is 5.92 Å². The van der Waals surface area contributed by atoms with Gasteiger partial charge in [0.05, 0.1) is 0 Å². The highest BCUT2D eigenvalue weighted by Crippen LogP contribution is 2.18. The monoisotopic (exact) mass is 288 g/mol. The van der Waals surface area contributed by atoms with Gasteiger partial charge in [-0.2, -0.15) is 0 Å². The van der Waals surface area contributed by atoms with Crippen molar-refractivity contribution in [3.63, 3.8) is 0 Å². The molecule has 1 unspecified atom stereocenters. The number of rotatable bonds is 3. The molecule has 0 bridgehead atoms. The van der Waals surface area contributed by atoms with Crippen molar-refractivity contribution in [2.24, 2.45) is 5.73 Å². The minimum absolute atomic E-state index is 0.141. The summed E-state index contributed by atoms with van der Waals surface area (Å²) in [5.74, 6) is 0.669. The van der Waals surface area contributed by atoms with Crippen molar-refractivity contribution in [3.8, 4) is 0 Å². The second kappa shape index (κ2) is 4.60. The molecule has 1 aromatic carbocycles. The van der Waals surface area contributed by atoms with Crippen LogP contribution in [-0.4, -0.2) is 10.3 Å². The predicted octanol–water partition coefficient (Wildman–Crippen LogP) is 2.51. The summed E-state index contributed by atoms with van der Waals surface area (Å²) >= 11 is 2.36. The van der Waals surface area contributed by atoms with E-state index < -0.39 is 0 Å². The van der Waals surface area contributed by atoms with Gasteiger partial charge in [-0.1, -0.05) is 47.7 Å². The second-order valence-electron chi connectivity index (χ2n) is 3.09. The highest BCUT2D eigenvalue weighted by molar-refractivity contribution is 14.1. The van der Waals surface area contributed by atoms with Gasteiger partial charge in [0.15, 0.2) is 0 Å². The van der Waals surface area contributed by atoms with Crippen LogP contribution < -0.4 is 5.73 Å². The Labute approximate surface area is 92.2 Å². The van der Waals surface area contributed by atoms with Crippen molar-refractivity contribution < 1.29 is 0 Å². The van der Waals surface area contributed by atoms with Gasteiger partial charge in [-0.3, -0.25) is 5.41 Å². The summed E-state index contributed by atoms with van der Waals surface area (Å²) in [7, 11) is 0. The van der Waals surface area contributed by atoms with E-state index in [9.17, 15) is 0 Å². The smallest absolute Gasteiger partial charge is 0.122 e. The van der Waals surface area contributed by atoms with Crippen LogP contribution in [0.2, 0.25) is 0 Å². The number of hydrogen-bond acceptors (Lipinski definition) is 1. The number of nitrogen functional groups attached to an aromatic ring is 1. The highest BCUT2D eigenvalue weighted by atomic mass is 127. The zero-order valence-corrected chi connectivity index (χ0v) is 9.71. The summed E-state index contributed by atoms with van der Waals surface area (Å²) < 4.78 is 1.08. The van der Waals surface area contributed by atoms with E-state index in [2.05, 4.69) is 35.6 Å². The van der Waals surface area contributed by atoms with Crippen molar-refractivity contribution in [2.75, 3.05) is 4.43 Å². The van der Waals surface area contributed by atoms with Gasteiger partial charge in [-0.05, 0) is 17.5 Å². The molecule has 0 aliphatic carbocycles. The van der Waals surface area contributed by atoms with Gasteiger partial charge in [-0.25, -0.2) is 0 Å². The fraction of sp³-hybridized carbons (Fsp3) is 0.300. The van der Waals surface area contributed by atoms with Crippen LogP contribution in [0.3, 0.4) is 0 Å². The molecule has 0 aromatic heterocycles. The van der Waals surface area contributed by atoms with Crippen LogP contribution in [0.4, 0.5) is 0 Å². The molecule has 0 spiro atoms. The number of benzene rings is 1. The van der Waals surface area contributed by atoms with Crippen LogP contribution in [0, 0.1) is 5.41 Å². The van der Waals surface area contributed by atoms with Gasteiger partial charge >= 0.3 is 0 Å². The average Bonchev–Trinajstić information content (AvgIpc) is 2.17. The molecule has 1 aromatic rings. The molecule has 0 heterocycles. The lowest BCUT2D eigenvalue weighted by molar-refractivity contribution is 0.895. The molecule has 3 N–H and O–H groups in total. The summed E-state index contributed by atoms with van der Waals surface area (Å²) in [5, 5.41) is 7.31. The maximum atomic E-state index is 7.31. The van der Waals surface area contributed by atoms with Crippen LogP contribution in [0.25, 0.3) is 0 Å². The van der Waals surface area contributed by atoms with Crippen LogP contribution in [-0.2, 0) is 0 Å². The predicted molar refractivity (Wildman–Crippen MR) is 64.8 cm³/mol. The van der Waals surface area contributed by atoms with E-state index in [0.717, 1.165) is 9.99 Å². The summed E-state index contributed by atoms with van der Waals surface area (Å²) in [4.78, 5) is 0. The first-order chi connectivity index (χ1) is 6.15. The third-order valence-corrected chi connectivity index (χ3v) is 3.32.